The minimum atomic E-state index is 0.413. The molecule has 0 aliphatic heterocycles. The summed E-state index contributed by atoms with van der Waals surface area (Å²) in [5.41, 5.74) is 0. The lowest BCUT2D eigenvalue weighted by Gasteiger charge is -1.92. The topological polar surface area (TPSA) is 26.3 Å². The molecule has 0 fully saturated rings. The summed E-state index contributed by atoms with van der Waals surface area (Å²) in [6.45, 7) is 1.80. The van der Waals surface area contributed by atoms with Crippen LogP contribution in [0, 0.1) is 0 Å². The molecule has 0 amide bonds. The van der Waals surface area contributed by atoms with Crippen molar-refractivity contribution < 1.29 is 9.53 Å². The summed E-state index contributed by atoms with van der Waals surface area (Å²) in [6, 6.07) is 2.01. The zero-order valence-electron chi connectivity index (χ0n) is 5.67. The first-order valence-corrected chi connectivity index (χ1v) is 4.72. The van der Waals surface area contributed by atoms with E-state index in [2.05, 4.69) is 20.7 Å². The molecule has 0 aliphatic carbocycles. The maximum absolute atomic E-state index is 9.65. The van der Waals surface area contributed by atoms with E-state index in [0.29, 0.717) is 6.61 Å². The lowest BCUT2D eigenvalue weighted by atomic mass is 10.4. The largest absolute Gasteiger partial charge is 0.457 e. The first-order chi connectivity index (χ1) is 5.33. The van der Waals surface area contributed by atoms with Crippen LogP contribution in [0.15, 0.2) is 15.9 Å². The fourth-order valence-corrected chi connectivity index (χ4v) is 2.11. The molecular weight excluding hydrogens is 228 g/mol. The van der Waals surface area contributed by atoms with Crippen LogP contribution in [0.3, 0.4) is 0 Å². The van der Waals surface area contributed by atoms with Gasteiger partial charge in [-0.25, -0.2) is 4.79 Å². The molecule has 0 bridgehead atoms. The van der Waals surface area contributed by atoms with Gasteiger partial charge in [0.05, 0.1) is 6.61 Å². The Morgan fingerprint density at radius 2 is 2.55 bits per heavy atom. The van der Waals surface area contributed by atoms with E-state index >= 15 is 0 Å². The number of ether oxygens (including phenoxy) is 1. The van der Waals surface area contributed by atoms with Crippen molar-refractivity contribution in [2.75, 3.05) is 6.61 Å². The van der Waals surface area contributed by atoms with E-state index in [1.165, 1.54) is 11.3 Å². The van der Waals surface area contributed by atoms with E-state index in [4.69, 9.17) is 0 Å². The van der Waals surface area contributed by atoms with Gasteiger partial charge in [0.15, 0.2) is 0 Å². The summed E-state index contributed by atoms with van der Waals surface area (Å²) in [7, 11) is 0. The lowest BCUT2D eigenvalue weighted by Crippen LogP contribution is -1.93. The monoisotopic (exact) mass is 233 g/mol. The van der Waals surface area contributed by atoms with E-state index in [1.54, 1.807) is 11.3 Å². The van der Waals surface area contributed by atoms with E-state index in [0.717, 1.165) is 10.9 Å². The lowest BCUT2D eigenvalue weighted by molar-refractivity contribution is 0.282. The molecule has 0 unspecified atom stereocenters. The Morgan fingerprint density at radius 1 is 1.73 bits per heavy atom. The highest BCUT2D eigenvalue weighted by Gasteiger charge is 1.96. The molecule has 0 N–H and O–H groups in total. The molecule has 1 heterocycles. The van der Waals surface area contributed by atoms with Crippen LogP contribution >= 0.6 is 27.3 Å². The molecule has 0 atom stereocenters. The van der Waals surface area contributed by atoms with Gasteiger partial charge in [0.25, 0.3) is 0 Å². The molecule has 0 spiro atoms. The van der Waals surface area contributed by atoms with E-state index in [-0.39, 0.29) is 0 Å². The SMILES string of the molecule is O=[C]OCCc1cc(Br)cs1. The number of hydrogen-bond acceptors (Lipinski definition) is 3. The van der Waals surface area contributed by atoms with Gasteiger partial charge in [-0.05, 0) is 22.0 Å². The van der Waals surface area contributed by atoms with Crippen molar-refractivity contribution in [1.29, 1.82) is 0 Å². The van der Waals surface area contributed by atoms with Gasteiger partial charge in [0.2, 0.25) is 0 Å². The zero-order valence-corrected chi connectivity index (χ0v) is 8.07. The van der Waals surface area contributed by atoms with Gasteiger partial charge in [-0.2, -0.15) is 0 Å². The number of thiophene rings is 1. The molecule has 1 rings (SSSR count). The molecule has 1 aromatic rings. The number of hydrogen-bond donors (Lipinski definition) is 0. The minimum absolute atomic E-state index is 0.413. The Labute approximate surface area is 77.3 Å². The second-order valence-corrected chi connectivity index (χ2v) is 3.82. The molecular formula is C7H6BrO2S. The molecule has 2 nitrogen and oxygen atoms in total. The number of rotatable bonds is 4. The molecule has 0 aliphatic rings. The first-order valence-electron chi connectivity index (χ1n) is 3.05. The van der Waals surface area contributed by atoms with Gasteiger partial charge in [0.1, 0.15) is 0 Å². The average Bonchev–Trinajstić information content (AvgIpc) is 2.37. The van der Waals surface area contributed by atoms with E-state index < -0.39 is 0 Å². The Bertz CT molecular complexity index is 234. The smallest absolute Gasteiger partial charge is 0.417 e. The summed E-state index contributed by atoms with van der Waals surface area (Å²) in [5, 5.41) is 2.00. The number of carbonyl (C=O) groups excluding carboxylic acids is 1. The Morgan fingerprint density at radius 3 is 3.09 bits per heavy atom. The fourth-order valence-electron chi connectivity index (χ4n) is 0.678. The zero-order chi connectivity index (χ0) is 8.10. The molecule has 4 heteroatoms. The molecule has 0 aromatic carbocycles. The Balaban J connectivity index is 2.32. The summed E-state index contributed by atoms with van der Waals surface area (Å²) >= 11 is 4.98. The van der Waals surface area contributed by atoms with Gasteiger partial charge in [-0.1, -0.05) is 0 Å². The third-order valence-electron chi connectivity index (χ3n) is 1.13. The number of halogens is 1. The van der Waals surface area contributed by atoms with Gasteiger partial charge in [-0.15, -0.1) is 11.3 Å². The highest BCUT2D eigenvalue weighted by molar-refractivity contribution is 9.10. The maximum Gasteiger partial charge on any atom is 0.417 e. The van der Waals surface area contributed by atoms with Crippen molar-refractivity contribution in [3.8, 4) is 0 Å². The first kappa shape index (κ1) is 8.74. The van der Waals surface area contributed by atoms with Crippen LogP contribution in [-0.2, 0) is 16.0 Å². The van der Waals surface area contributed by atoms with Crippen molar-refractivity contribution in [2.45, 2.75) is 6.42 Å². The van der Waals surface area contributed by atoms with Crippen molar-refractivity contribution in [3.05, 3.63) is 20.8 Å². The van der Waals surface area contributed by atoms with Gasteiger partial charge in [0, 0.05) is 21.2 Å². The molecule has 11 heavy (non-hydrogen) atoms. The molecule has 59 valence electrons. The fraction of sp³-hybridized carbons (Fsp3) is 0.286. The molecule has 0 saturated heterocycles. The quantitative estimate of drug-likeness (QED) is 0.746. The maximum atomic E-state index is 9.65. The van der Waals surface area contributed by atoms with Crippen LogP contribution in [0.5, 0.6) is 0 Å². The average molecular weight is 234 g/mol. The Hall–Kier alpha value is -0.350. The van der Waals surface area contributed by atoms with E-state index in [9.17, 15) is 4.79 Å². The third-order valence-corrected chi connectivity index (χ3v) is 2.89. The third kappa shape index (κ3) is 3.03. The summed E-state index contributed by atoms with van der Waals surface area (Å²) in [5.74, 6) is 0. The van der Waals surface area contributed by atoms with Crippen LogP contribution in [0.25, 0.3) is 0 Å². The van der Waals surface area contributed by atoms with E-state index in [1.807, 2.05) is 11.4 Å². The van der Waals surface area contributed by atoms with Crippen molar-refractivity contribution >= 4 is 33.7 Å². The second kappa shape index (κ2) is 4.51. The second-order valence-electron chi connectivity index (χ2n) is 1.91. The van der Waals surface area contributed by atoms with Crippen LogP contribution in [-0.4, -0.2) is 13.1 Å². The van der Waals surface area contributed by atoms with Crippen LogP contribution in [0.2, 0.25) is 0 Å². The van der Waals surface area contributed by atoms with Crippen molar-refractivity contribution in [3.63, 3.8) is 0 Å². The van der Waals surface area contributed by atoms with Gasteiger partial charge < -0.3 is 4.74 Å². The summed E-state index contributed by atoms with van der Waals surface area (Å²) < 4.78 is 5.51. The molecule has 0 saturated carbocycles. The Kier molecular flexibility index (Phi) is 3.59. The minimum Gasteiger partial charge on any atom is -0.457 e. The summed E-state index contributed by atoms with van der Waals surface area (Å²) in [4.78, 5) is 10.8. The highest BCUT2D eigenvalue weighted by Crippen LogP contribution is 2.19. The van der Waals surface area contributed by atoms with Crippen LogP contribution < -0.4 is 0 Å². The normalized spacial score (nSPS) is 9.55. The van der Waals surface area contributed by atoms with Crippen LogP contribution in [0.1, 0.15) is 4.88 Å². The molecule has 1 aromatic heterocycles. The predicted molar refractivity (Wildman–Crippen MR) is 47.4 cm³/mol. The molecule has 1 radical (unpaired) electrons. The summed E-state index contributed by atoms with van der Waals surface area (Å²) in [6.07, 6.45) is 0.769. The highest BCUT2D eigenvalue weighted by atomic mass is 79.9. The van der Waals surface area contributed by atoms with Gasteiger partial charge >= 0.3 is 6.47 Å². The van der Waals surface area contributed by atoms with Crippen molar-refractivity contribution in [1.82, 2.24) is 0 Å². The standard InChI is InChI=1S/C7H6BrO2S/c8-6-3-7(11-4-6)1-2-10-5-9/h3-4H,1-2H2. The van der Waals surface area contributed by atoms with Crippen LogP contribution in [0.4, 0.5) is 0 Å². The van der Waals surface area contributed by atoms with Crippen molar-refractivity contribution in [2.24, 2.45) is 0 Å². The predicted octanol–water partition coefficient (Wildman–Crippen LogP) is 2.14. The van der Waals surface area contributed by atoms with Gasteiger partial charge in [-0.3, -0.25) is 0 Å².